The smallest absolute Gasteiger partial charge is 0.320 e. The first kappa shape index (κ1) is 10.4. The van der Waals surface area contributed by atoms with Crippen LogP contribution in [-0.2, 0) is 0 Å². The van der Waals surface area contributed by atoms with Crippen molar-refractivity contribution < 1.29 is 4.79 Å². The van der Waals surface area contributed by atoms with Crippen molar-refractivity contribution in [3.8, 4) is 0 Å². The molecule has 15 heavy (non-hydrogen) atoms. The number of anilines is 1. The van der Waals surface area contributed by atoms with Crippen LogP contribution in [0.4, 0.5) is 10.6 Å². The summed E-state index contributed by atoms with van der Waals surface area (Å²) < 4.78 is 0.646. The number of halogens is 1. The summed E-state index contributed by atoms with van der Waals surface area (Å²) in [5, 5.41) is 5.47. The molecule has 1 fully saturated rings. The summed E-state index contributed by atoms with van der Waals surface area (Å²) in [4.78, 5) is 19.3. The van der Waals surface area contributed by atoms with Crippen LogP contribution in [0.2, 0.25) is 0 Å². The Morgan fingerprint density at radius 3 is 2.73 bits per heavy atom. The summed E-state index contributed by atoms with van der Waals surface area (Å²) in [6.45, 7) is 0. The van der Waals surface area contributed by atoms with Crippen molar-refractivity contribution in [1.82, 2.24) is 15.3 Å². The van der Waals surface area contributed by atoms with E-state index in [4.69, 9.17) is 0 Å². The van der Waals surface area contributed by atoms with Crippen LogP contribution in [0.3, 0.4) is 0 Å². The molecule has 0 unspecified atom stereocenters. The third kappa shape index (κ3) is 2.89. The van der Waals surface area contributed by atoms with Gasteiger partial charge in [0.05, 0.1) is 12.4 Å². The quantitative estimate of drug-likeness (QED) is 0.863. The van der Waals surface area contributed by atoms with Crippen molar-refractivity contribution in [3.05, 3.63) is 17.0 Å². The maximum absolute atomic E-state index is 11.4. The van der Waals surface area contributed by atoms with E-state index in [0.29, 0.717) is 16.5 Å². The number of rotatable bonds is 2. The van der Waals surface area contributed by atoms with Crippen molar-refractivity contribution in [2.45, 2.75) is 25.3 Å². The lowest BCUT2D eigenvalue weighted by atomic mass is 9.93. The van der Waals surface area contributed by atoms with E-state index in [9.17, 15) is 4.79 Å². The largest absolute Gasteiger partial charge is 0.335 e. The van der Waals surface area contributed by atoms with E-state index in [0.717, 1.165) is 12.8 Å². The molecule has 1 saturated carbocycles. The van der Waals surface area contributed by atoms with Gasteiger partial charge in [-0.05, 0) is 35.2 Å². The van der Waals surface area contributed by atoms with E-state index >= 15 is 0 Å². The van der Waals surface area contributed by atoms with Gasteiger partial charge in [0.1, 0.15) is 4.60 Å². The SMILES string of the molecule is O=C(Nc1cnc(Br)cn1)NC1CCC1. The molecule has 1 aliphatic carbocycles. The Morgan fingerprint density at radius 1 is 1.40 bits per heavy atom. The number of carbonyl (C=O) groups is 1. The third-order valence-electron chi connectivity index (χ3n) is 2.30. The Hall–Kier alpha value is -1.17. The minimum Gasteiger partial charge on any atom is -0.335 e. The average Bonchev–Trinajstić information content (AvgIpc) is 2.16. The second-order valence-electron chi connectivity index (χ2n) is 3.45. The molecule has 1 aromatic heterocycles. The fourth-order valence-corrected chi connectivity index (χ4v) is 1.47. The topological polar surface area (TPSA) is 66.9 Å². The van der Waals surface area contributed by atoms with E-state index in [1.807, 2.05) is 0 Å². The maximum atomic E-state index is 11.4. The molecular formula is C9H11BrN4O. The lowest BCUT2D eigenvalue weighted by Crippen LogP contribution is -2.42. The minimum absolute atomic E-state index is 0.212. The molecule has 2 N–H and O–H groups in total. The van der Waals surface area contributed by atoms with Crippen molar-refractivity contribution in [1.29, 1.82) is 0 Å². The van der Waals surface area contributed by atoms with Gasteiger partial charge in [0.25, 0.3) is 0 Å². The Morgan fingerprint density at radius 2 is 2.20 bits per heavy atom. The number of urea groups is 1. The van der Waals surface area contributed by atoms with Gasteiger partial charge >= 0.3 is 6.03 Å². The van der Waals surface area contributed by atoms with Gasteiger partial charge in [-0.1, -0.05) is 0 Å². The van der Waals surface area contributed by atoms with Gasteiger partial charge in [-0.25, -0.2) is 14.8 Å². The number of hydrogen-bond donors (Lipinski definition) is 2. The van der Waals surface area contributed by atoms with Crippen molar-refractivity contribution >= 4 is 27.8 Å². The number of hydrogen-bond acceptors (Lipinski definition) is 3. The second-order valence-corrected chi connectivity index (χ2v) is 4.26. The molecule has 0 saturated heterocycles. The monoisotopic (exact) mass is 270 g/mol. The Bertz CT molecular complexity index is 350. The first-order valence-electron chi connectivity index (χ1n) is 4.79. The second kappa shape index (κ2) is 4.57. The number of nitrogens with one attached hydrogen (secondary N) is 2. The molecule has 1 aliphatic rings. The first-order chi connectivity index (χ1) is 7.24. The molecule has 0 aromatic carbocycles. The molecule has 1 heterocycles. The maximum Gasteiger partial charge on any atom is 0.320 e. The zero-order valence-electron chi connectivity index (χ0n) is 8.03. The molecule has 2 amide bonds. The van der Waals surface area contributed by atoms with Crippen LogP contribution in [0.5, 0.6) is 0 Å². The number of nitrogens with zero attached hydrogens (tertiary/aromatic N) is 2. The predicted molar refractivity (Wildman–Crippen MR) is 59.5 cm³/mol. The van der Waals surface area contributed by atoms with Crippen LogP contribution < -0.4 is 10.6 Å². The van der Waals surface area contributed by atoms with Crippen molar-refractivity contribution in [2.75, 3.05) is 5.32 Å². The highest BCUT2D eigenvalue weighted by atomic mass is 79.9. The van der Waals surface area contributed by atoms with Crippen LogP contribution >= 0.6 is 15.9 Å². The molecule has 80 valence electrons. The van der Waals surface area contributed by atoms with E-state index in [2.05, 4.69) is 36.5 Å². The van der Waals surface area contributed by atoms with Gasteiger partial charge in [-0.3, -0.25) is 5.32 Å². The van der Waals surface area contributed by atoms with Crippen molar-refractivity contribution in [2.24, 2.45) is 0 Å². The summed E-state index contributed by atoms with van der Waals surface area (Å²) in [7, 11) is 0. The summed E-state index contributed by atoms with van der Waals surface area (Å²) in [5.74, 6) is 0.454. The molecule has 0 bridgehead atoms. The highest BCUT2D eigenvalue weighted by Gasteiger charge is 2.19. The van der Waals surface area contributed by atoms with Crippen LogP contribution in [0.15, 0.2) is 17.0 Å². The van der Waals surface area contributed by atoms with E-state index in [1.165, 1.54) is 12.6 Å². The molecule has 2 rings (SSSR count). The Labute approximate surface area is 95.8 Å². The molecule has 0 atom stereocenters. The Kier molecular flexibility index (Phi) is 3.15. The molecule has 0 aliphatic heterocycles. The van der Waals surface area contributed by atoms with Gasteiger partial charge in [0.2, 0.25) is 0 Å². The summed E-state index contributed by atoms with van der Waals surface area (Å²) in [6, 6.07) is 0.115. The van der Waals surface area contributed by atoms with Gasteiger partial charge in [0.15, 0.2) is 5.82 Å². The predicted octanol–water partition coefficient (Wildman–Crippen LogP) is 1.91. The lowest BCUT2D eigenvalue weighted by molar-refractivity contribution is 0.240. The summed E-state index contributed by atoms with van der Waals surface area (Å²) in [6.07, 6.45) is 6.38. The van der Waals surface area contributed by atoms with E-state index in [-0.39, 0.29) is 6.03 Å². The minimum atomic E-state index is -0.212. The summed E-state index contributed by atoms with van der Waals surface area (Å²) >= 11 is 3.17. The molecule has 1 aromatic rings. The van der Waals surface area contributed by atoms with Crippen LogP contribution in [0.25, 0.3) is 0 Å². The van der Waals surface area contributed by atoms with Crippen molar-refractivity contribution in [3.63, 3.8) is 0 Å². The zero-order chi connectivity index (χ0) is 10.7. The Balaban J connectivity index is 1.84. The molecule has 0 spiro atoms. The highest BCUT2D eigenvalue weighted by Crippen LogP contribution is 2.18. The summed E-state index contributed by atoms with van der Waals surface area (Å²) in [5.41, 5.74) is 0. The van der Waals surface area contributed by atoms with Crippen LogP contribution in [-0.4, -0.2) is 22.0 Å². The fourth-order valence-electron chi connectivity index (χ4n) is 1.27. The fraction of sp³-hybridized carbons (Fsp3) is 0.444. The number of aromatic nitrogens is 2. The average molecular weight is 271 g/mol. The highest BCUT2D eigenvalue weighted by molar-refractivity contribution is 9.10. The molecule has 0 radical (unpaired) electrons. The third-order valence-corrected chi connectivity index (χ3v) is 2.71. The molecular weight excluding hydrogens is 260 g/mol. The number of carbonyl (C=O) groups excluding carboxylic acids is 1. The molecule has 5 nitrogen and oxygen atoms in total. The van der Waals surface area contributed by atoms with Gasteiger partial charge in [-0.2, -0.15) is 0 Å². The first-order valence-corrected chi connectivity index (χ1v) is 5.58. The van der Waals surface area contributed by atoms with Gasteiger partial charge in [0, 0.05) is 6.04 Å². The van der Waals surface area contributed by atoms with E-state index in [1.54, 1.807) is 6.20 Å². The normalized spacial score (nSPS) is 15.5. The molecule has 6 heteroatoms. The van der Waals surface area contributed by atoms with Crippen LogP contribution in [0, 0.1) is 0 Å². The van der Waals surface area contributed by atoms with Gasteiger partial charge < -0.3 is 5.32 Å². The standard InChI is InChI=1S/C9H11BrN4O/c10-7-4-12-8(5-11-7)14-9(15)13-6-2-1-3-6/h4-6H,1-3H2,(H2,12,13,14,15). The zero-order valence-corrected chi connectivity index (χ0v) is 9.62. The number of amides is 2. The van der Waals surface area contributed by atoms with Crippen LogP contribution in [0.1, 0.15) is 19.3 Å². The van der Waals surface area contributed by atoms with Gasteiger partial charge in [-0.15, -0.1) is 0 Å². The lowest BCUT2D eigenvalue weighted by Gasteiger charge is -2.26. The van der Waals surface area contributed by atoms with E-state index < -0.39 is 0 Å².